The van der Waals surface area contributed by atoms with E-state index in [2.05, 4.69) is 0 Å². The molecular formula is C7H15NO5. The molecule has 0 aliphatic carbocycles. The van der Waals surface area contributed by atoms with Crippen molar-refractivity contribution < 1.29 is 26.3 Å². The molecule has 0 aromatic carbocycles. The second-order valence-electron chi connectivity index (χ2n) is 2.77. The molecule has 1 fully saturated rings. The lowest BCUT2D eigenvalue weighted by molar-refractivity contribution is -0.135. The third-order valence-corrected chi connectivity index (χ3v) is 2.26. The van der Waals surface area contributed by atoms with Crippen molar-refractivity contribution in [2.24, 2.45) is 0 Å². The lowest BCUT2D eigenvalue weighted by Crippen LogP contribution is -2.44. The van der Waals surface area contributed by atoms with Crippen molar-refractivity contribution in [3.63, 3.8) is 0 Å². The Labute approximate surface area is 75.4 Å². The first-order chi connectivity index (χ1) is 4.79. The van der Waals surface area contributed by atoms with Gasteiger partial charge in [0.25, 0.3) is 0 Å². The standard InChI is InChI=1S/C7H9NO2.3H2O/c9-7(10)6-2-1-5-3-4-8(5)6;;;/h2,5H,1,3-4H2,(H,9,10);3*1H2. The minimum atomic E-state index is -0.776. The molecule has 2 heterocycles. The van der Waals surface area contributed by atoms with E-state index in [0.29, 0.717) is 11.7 Å². The SMILES string of the molecule is O.O.O.O=C(O)C1=CCC2CCN12. The zero-order chi connectivity index (χ0) is 7.14. The van der Waals surface area contributed by atoms with E-state index in [1.54, 1.807) is 0 Å². The molecule has 0 amide bonds. The van der Waals surface area contributed by atoms with E-state index in [-0.39, 0.29) is 16.4 Å². The Morgan fingerprint density at radius 2 is 2.08 bits per heavy atom. The van der Waals surface area contributed by atoms with E-state index < -0.39 is 5.97 Å². The van der Waals surface area contributed by atoms with Crippen LogP contribution < -0.4 is 0 Å². The van der Waals surface area contributed by atoms with Crippen LogP contribution in [0.1, 0.15) is 12.8 Å². The first-order valence-electron chi connectivity index (χ1n) is 3.49. The van der Waals surface area contributed by atoms with Gasteiger partial charge in [0.1, 0.15) is 5.70 Å². The lowest BCUT2D eigenvalue weighted by atomic mass is 10.0. The van der Waals surface area contributed by atoms with Crippen LogP contribution in [-0.2, 0) is 4.79 Å². The highest BCUT2D eigenvalue weighted by Crippen LogP contribution is 2.31. The Morgan fingerprint density at radius 1 is 1.46 bits per heavy atom. The molecule has 78 valence electrons. The van der Waals surface area contributed by atoms with Crippen LogP contribution >= 0.6 is 0 Å². The largest absolute Gasteiger partial charge is 0.477 e. The molecule has 0 spiro atoms. The average Bonchev–Trinajstić information content (AvgIpc) is 2.07. The molecule has 0 bridgehead atoms. The van der Waals surface area contributed by atoms with Gasteiger partial charge in [-0.15, -0.1) is 0 Å². The summed E-state index contributed by atoms with van der Waals surface area (Å²) >= 11 is 0. The molecule has 6 heteroatoms. The van der Waals surface area contributed by atoms with Crippen LogP contribution in [0.4, 0.5) is 0 Å². The maximum absolute atomic E-state index is 10.5. The van der Waals surface area contributed by atoms with E-state index in [9.17, 15) is 4.79 Å². The maximum Gasteiger partial charge on any atom is 0.351 e. The number of aliphatic carboxylic acids is 1. The Balaban J connectivity index is 0. The molecule has 2 rings (SSSR count). The molecule has 1 saturated heterocycles. The number of carbonyl (C=O) groups is 1. The van der Waals surface area contributed by atoms with Crippen LogP contribution in [0.2, 0.25) is 0 Å². The highest BCUT2D eigenvalue weighted by Gasteiger charge is 2.36. The zero-order valence-electron chi connectivity index (χ0n) is 7.08. The summed E-state index contributed by atoms with van der Waals surface area (Å²) in [6.07, 6.45) is 3.91. The molecule has 6 nitrogen and oxygen atoms in total. The predicted octanol–water partition coefficient (Wildman–Crippen LogP) is -2.04. The molecule has 13 heavy (non-hydrogen) atoms. The molecule has 0 aromatic heterocycles. The van der Waals surface area contributed by atoms with Gasteiger partial charge in [0.2, 0.25) is 0 Å². The summed E-state index contributed by atoms with van der Waals surface area (Å²) in [5.41, 5.74) is 0.510. The van der Waals surface area contributed by atoms with Crippen LogP contribution in [0.25, 0.3) is 0 Å². The van der Waals surface area contributed by atoms with Gasteiger partial charge in [-0.05, 0) is 12.8 Å². The normalized spacial score (nSPS) is 22.3. The minimum absolute atomic E-state index is 0. The lowest BCUT2D eigenvalue weighted by Gasteiger charge is -2.37. The molecule has 1 atom stereocenters. The van der Waals surface area contributed by atoms with E-state index >= 15 is 0 Å². The van der Waals surface area contributed by atoms with Crippen molar-refractivity contribution in [2.75, 3.05) is 6.54 Å². The summed E-state index contributed by atoms with van der Waals surface area (Å²) in [7, 11) is 0. The van der Waals surface area contributed by atoms with Gasteiger partial charge in [-0.1, -0.05) is 6.08 Å². The van der Waals surface area contributed by atoms with Gasteiger partial charge in [0, 0.05) is 12.6 Å². The number of fused-ring (bicyclic) bond motifs is 1. The van der Waals surface area contributed by atoms with Crippen molar-refractivity contribution in [3.05, 3.63) is 11.8 Å². The van der Waals surface area contributed by atoms with E-state index in [1.807, 2.05) is 11.0 Å². The zero-order valence-corrected chi connectivity index (χ0v) is 7.08. The summed E-state index contributed by atoms with van der Waals surface area (Å²) < 4.78 is 0. The highest BCUT2D eigenvalue weighted by atomic mass is 16.4. The number of carboxylic acids is 1. The van der Waals surface area contributed by atoms with Gasteiger partial charge in [0.15, 0.2) is 0 Å². The third-order valence-electron chi connectivity index (χ3n) is 2.26. The van der Waals surface area contributed by atoms with Crippen LogP contribution in [0.3, 0.4) is 0 Å². The van der Waals surface area contributed by atoms with Crippen LogP contribution in [0.15, 0.2) is 11.8 Å². The smallest absolute Gasteiger partial charge is 0.351 e. The average molecular weight is 193 g/mol. The quantitative estimate of drug-likeness (QED) is 0.513. The summed E-state index contributed by atoms with van der Waals surface area (Å²) in [4.78, 5) is 12.4. The van der Waals surface area contributed by atoms with Crippen molar-refractivity contribution >= 4 is 5.97 Å². The van der Waals surface area contributed by atoms with Gasteiger partial charge in [0.05, 0.1) is 0 Å². The summed E-state index contributed by atoms with van der Waals surface area (Å²) in [5.74, 6) is -0.776. The molecule has 0 saturated carbocycles. The highest BCUT2D eigenvalue weighted by molar-refractivity contribution is 5.86. The number of hydrogen-bond donors (Lipinski definition) is 1. The molecular weight excluding hydrogens is 178 g/mol. The van der Waals surface area contributed by atoms with Gasteiger partial charge >= 0.3 is 5.97 Å². The summed E-state index contributed by atoms with van der Waals surface area (Å²) in [5, 5.41) is 8.63. The molecule has 2 aliphatic heterocycles. The van der Waals surface area contributed by atoms with Crippen molar-refractivity contribution in [2.45, 2.75) is 18.9 Å². The Morgan fingerprint density at radius 3 is 2.31 bits per heavy atom. The fourth-order valence-electron chi connectivity index (χ4n) is 1.58. The second-order valence-corrected chi connectivity index (χ2v) is 2.77. The minimum Gasteiger partial charge on any atom is -0.477 e. The monoisotopic (exact) mass is 193 g/mol. The summed E-state index contributed by atoms with van der Waals surface area (Å²) in [6.45, 7) is 0.933. The Hall–Kier alpha value is -1.11. The fraction of sp³-hybridized carbons (Fsp3) is 0.571. The number of hydrogen-bond acceptors (Lipinski definition) is 2. The van der Waals surface area contributed by atoms with Gasteiger partial charge in [-0.3, -0.25) is 0 Å². The van der Waals surface area contributed by atoms with Gasteiger partial charge in [-0.25, -0.2) is 4.79 Å². The Bertz CT molecular complexity index is 215. The number of nitrogens with zero attached hydrogens (tertiary/aromatic N) is 1. The fourth-order valence-corrected chi connectivity index (χ4v) is 1.58. The van der Waals surface area contributed by atoms with Crippen molar-refractivity contribution in [1.82, 2.24) is 4.90 Å². The van der Waals surface area contributed by atoms with Gasteiger partial charge < -0.3 is 26.4 Å². The van der Waals surface area contributed by atoms with Gasteiger partial charge in [-0.2, -0.15) is 0 Å². The first kappa shape index (κ1) is 14.4. The maximum atomic E-state index is 10.5. The van der Waals surface area contributed by atoms with Crippen molar-refractivity contribution in [3.8, 4) is 0 Å². The third kappa shape index (κ3) is 1.97. The van der Waals surface area contributed by atoms with Crippen molar-refractivity contribution in [1.29, 1.82) is 0 Å². The predicted molar refractivity (Wildman–Crippen MR) is 46.3 cm³/mol. The van der Waals surface area contributed by atoms with E-state index in [0.717, 1.165) is 19.4 Å². The molecule has 0 radical (unpaired) electrons. The molecule has 7 N–H and O–H groups in total. The van der Waals surface area contributed by atoms with Crippen LogP contribution in [0.5, 0.6) is 0 Å². The van der Waals surface area contributed by atoms with E-state index in [4.69, 9.17) is 5.11 Å². The summed E-state index contributed by atoms with van der Waals surface area (Å²) in [6, 6.07) is 0.520. The Kier molecular flexibility index (Phi) is 5.33. The second kappa shape index (κ2) is 4.80. The van der Waals surface area contributed by atoms with Crippen LogP contribution in [-0.4, -0.2) is 45.0 Å². The van der Waals surface area contributed by atoms with Crippen LogP contribution in [0, 0.1) is 0 Å². The first-order valence-corrected chi connectivity index (χ1v) is 3.49. The number of rotatable bonds is 1. The van der Waals surface area contributed by atoms with E-state index in [1.165, 1.54) is 0 Å². The molecule has 2 aliphatic rings. The number of carboxylic acid groups (broad SMARTS) is 1. The molecule has 1 unspecified atom stereocenters. The molecule has 0 aromatic rings. The topological polar surface area (TPSA) is 135 Å².